The summed E-state index contributed by atoms with van der Waals surface area (Å²) in [4.78, 5) is 33.9. The zero-order valence-electron chi connectivity index (χ0n) is 19.5. The maximum Gasteiger partial charge on any atom is 0.408 e. The molecule has 2 amide bonds. The predicted molar refractivity (Wildman–Crippen MR) is 113 cm³/mol. The number of nitrogens with one attached hydrogen (secondary N) is 1. The summed E-state index contributed by atoms with van der Waals surface area (Å²) in [7, 11) is 0. The van der Waals surface area contributed by atoms with Crippen molar-refractivity contribution in [2.24, 2.45) is 0 Å². The van der Waals surface area contributed by atoms with E-state index >= 15 is 0 Å². The smallest absolute Gasteiger partial charge is 0.408 e. The molecule has 178 valence electrons. The Labute approximate surface area is 179 Å². The van der Waals surface area contributed by atoms with E-state index in [4.69, 9.17) is 24.8 Å². The van der Waals surface area contributed by atoms with Crippen LogP contribution in [0.2, 0.25) is 0 Å². The lowest BCUT2D eigenvalue weighted by Gasteiger charge is -2.38. The van der Waals surface area contributed by atoms with Gasteiger partial charge in [0.2, 0.25) is 0 Å². The van der Waals surface area contributed by atoms with Gasteiger partial charge in [0.15, 0.2) is 0 Å². The predicted octanol–water partition coefficient (Wildman–Crippen LogP) is 2.93. The third kappa shape index (κ3) is 14.9. The van der Waals surface area contributed by atoms with Crippen LogP contribution < -0.4 is 5.32 Å². The van der Waals surface area contributed by atoms with Crippen LogP contribution in [0.15, 0.2) is 0 Å². The summed E-state index contributed by atoms with van der Waals surface area (Å²) in [6, 6.07) is -0.554. The Kier molecular flexibility index (Phi) is 14.1. The lowest BCUT2D eigenvalue weighted by Crippen LogP contribution is -2.52. The van der Waals surface area contributed by atoms with Gasteiger partial charge in [-0.3, -0.25) is 4.90 Å². The van der Waals surface area contributed by atoms with E-state index in [1.807, 2.05) is 34.6 Å². The minimum Gasteiger partial charge on any atom is -0.480 e. The normalized spacial score (nSPS) is 13.4. The zero-order chi connectivity index (χ0) is 24.1. The molecule has 0 radical (unpaired) electrons. The van der Waals surface area contributed by atoms with Gasteiger partial charge < -0.3 is 30.1 Å². The Morgan fingerprint density at radius 3 is 1.80 bits per heavy atom. The largest absolute Gasteiger partial charge is 0.480 e. The van der Waals surface area contributed by atoms with E-state index in [0.717, 1.165) is 0 Å². The molecule has 0 bridgehead atoms. The lowest BCUT2D eigenvalue weighted by atomic mass is 10.0. The number of nitrogens with zero attached hydrogens (tertiary/aromatic N) is 1. The van der Waals surface area contributed by atoms with Crippen molar-refractivity contribution >= 4 is 18.2 Å². The minimum absolute atomic E-state index is 0.125. The minimum atomic E-state index is -1.03. The number of alkyl carbamates (subject to hydrolysis) is 1. The van der Waals surface area contributed by atoms with Gasteiger partial charge in [-0.15, -0.1) is 0 Å². The van der Waals surface area contributed by atoms with Crippen molar-refractivity contribution in [1.82, 2.24) is 10.2 Å². The molecular formula is C20H40N2O8. The van der Waals surface area contributed by atoms with Crippen molar-refractivity contribution < 1.29 is 39.2 Å². The number of carboxylic acids is 1. The van der Waals surface area contributed by atoms with Crippen LogP contribution >= 0.6 is 0 Å². The summed E-state index contributed by atoms with van der Waals surface area (Å²) in [5.74, 6) is -1.03. The van der Waals surface area contributed by atoms with Crippen LogP contribution in [-0.2, 0) is 14.3 Å². The molecule has 0 saturated carbocycles. The highest BCUT2D eigenvalue weighted by molar-refractivity contribution is 5.68. The highest BCUT2D eigenvalue weighted by Crippen LogP contribution is 2.18. The first-order valence-corrected chi connectivity index (χ1v) is 10.0. The molecule has 30 heavy (non-hydrogen) atoms. The Morgan fingerprint density at radius 1 is 1.00 bits per heavy atom. The van der Waals surface area contributed by atoms with Crippen molar-refractivity contribution in [2.45, 2.75) is 91.5 Å². The molecule has 0 saturated heterocycles. The van der Waals surface area contributed by atoms with Gasteiger partial charge in [0.1, 0.15) is 12.2 Å². The first-order valence-electron chi connectivity index (χ1n) is 10.0. The first-order chi connectivity index (χ1) is 13.6. The summed E-state index contributed by atoms with van der Waals surface area (Å²) in [6.45, 7) is 14.2. The van der Waals surface area contributed by atoms with E-state index < -0.39 is 29.3 Å². The standard InChI is InChI=1S/C11H21NO5.C9H19NO3/c1-5-8(6-16-7-9(13)14)12-10(15)17-11(2,3)4;1-5-7(6-11)10(8(12)13)9(2,3)4/h8H,5-7H2,1-4H3,(H,12,15)(H,13,14);7,11H,5-6H2,1-4H3,(H,12,13)/t;7-/m.0/s1. The second kappa shape index (κ2) is 14.0. The van der Waals surface area contributed by atoms with Crippen molar-refractivity contribution in [1.29, 1.82) is 0 Å². The van der Waals surface area contributed by atoms with Crippen molar-refractivity contribution in [3.63, 3.8) is 0 Å². The molecule has 10 heteroatoms. The molecule has 10 nitrogen and oxygen atoms in total. The monoisotopic (exact) mass is 436 g/mol. The fourth-order valence-electron chi connectivity index (χ4n) is 2.41. The molecule has 1 unspecified atom stereocenters. The third-order valence-corrected chi connectivity index (χ3v) is 3.73. The quantitative estimate of drug-likeness (QED) is 0.431. The van der Waals surface area contributed by atoms with Gasteiger partial charge >= 0.3 is 18.2 Å². The van der Waals surface area contributed by atoms with Gasteiger partial charge in [0, 0.05) is 5.54 Å². The zero-order valence-corrected chi connectivity index (χ0v) is 19.5. The van der Waals surface area contributed by atoms with E-state index in [2.05, 4.69) is 5.32 Å². The van der Waals surface area contributed by atoms with E-state index in [1.54, 1.807) is 20.8 Å². The molecule has 0 aromatic rings. The summed E-state index contributed by atoms with van der Waals surface area (Å²) >= 11 is 0. The molecule has 0 aliphatic carbocycles. The highest BCUT2D eigenvalue weighted by atomic mass is 16.6. The SMILES string of the molecule is CCC(COCC(=O)O)NC(=O)OC(C)(C)C.CC[C@@H](CO)N(C(=O)O)C(C)(C)C. The Morgan fingerprint density at radius 2 is 1.53 bits per heavy atom. The number of carbonyl (C=O) groups is 3. The number of carboxylic acid groups (broad SMARTS) is 2. The van der Waals surface area contributed by atoms with Gasteiger partial charge in [-0.25, -0.2) is 14.4 Å². The average Bonchev–Trinajstić information content (AvgIpc) is 2.55. The number of carbonyl (C=O) groups excluding carboxylic acids is 1. The van der Waals surface area contributed by atoms with Crippen molar-refractivity contribution in [3.05, 3.63) is 0 Å². The third-order valence-electron chi connectivity index (χ3n) is 3.73. The Bertz CT molecular complexity index is 522. The highest BCUT2D eigenvalue weighted by Gasteiger charge is 2.31. The Balaban J connectivity index is 0. The Hall–Kier alpha value is -2.07. The number of amides is 2. The average molecular weight is 437 g/mol. The van der Waals surface area contributed by atoms with Gasteiger partial charge in [0.25, 0.3) is 0 Å². The second-order valence-electron chi connectivity index (χ2n) is 8.73. The molecule has 0 aromatic carbocycles. The molecular weight excluding hydrogens is 396 g/mol. The maximum absolute atomic E-state index is 11.4. The van der Waals surface area contributed by atoms with Crippen molar-refractivity contribution in [2.75, 3.05) is 19.8 Å². The summed E-state index contributed by atoms with van der Waals surface area (Å²) in [5, 5.41) is 29.0. The number of hydrogen-bond acceptors (Lipinski definition) is 6. The second-order valence-corrected chi connectivity index (χ2v) is 8.73. The van der Waals surface area contributed by atoms with E-state index in [9.17, 15) is 14.4 Å². The fourth-order valence-corrected chi connectivity index (χ4v) is 2.41. The molecule has 4 N–H and O–H groups in total. The summed E-state index contributed by atoms with van der Waals surface area (Å²) in [6.07, 6.45) is -0.240. The number of rotatable bonds is 9. The van der Waals surface area contributed by atoms with Crippen LogP contribution in [0.3, 0.4) is 0 Å². The van der Waals surface area contributed by atoms with Gasteiger partial charge in [-0.1, -0.05) is 13.8 Å². The van der Waals surface area contributed by atoms with Crippen LogP contribution in [0.5, 0.6) is 0 Å². The molecule has 2 atom stereocenters. The molecule has 0 aromatic heterocycles. The molecule has 0 aliphatic rings. The summed E-state index contributed by atoms with van der Waals surface area (Å²) in [5.41, 5.74) is -1.01. The molecule has 0 spiro atoms. The number of aliphatic hydroxyl groups is 1. The van der Waals surface area contributed by atoms with E-state index in [1.165, 1.54) is 4.90 Å². The topological polar surface area (TPSA) is 146 Å². The van der Waals surface area contributed by atoms with Crippen LogP contribution in [0.1, 0.15) is 68.2 Å². The maximum atomic E-state index is 11.4. The summed E-state index contributed by atoms with van der Waals surface area (Å²) < 4.78 is 9.98. The number of aliphatic carboxylic acids is 1. The number of aliphatic hydroxyl groups excluding tert-OH is 1. The van der Waals surface area contributed by atoms with Crippen LogP contribution in [0.4, 0.5) is 9.59 Å². The van der Waals surface area contributed by atoms with Gasteiger partial charge in [-0.2, -0.15) is 0 Å². The van der Waals surface area contributed by atoms with Crippen molar-refractivity contribution in [3.8, 4) is 0 Å². The van der Waals surface area contributed by atoms with Crippen LogP contribution in [0.25, 0.3) is 0 Å². The fraction of sp³-hybridized carbons (Fsp3) is 0.850. The van der Waals surface area contributed by atoms with Crippen LogP contribution in [0, 0.1) is 0 Å². The van der Waals surface area contributed by atoms with E-state index in [-0.39, 0.29) is 31.9 Å². The van der Waals surface area contributed by atoms with E-state index in [0.29, 0.717) is 12.8 Å². The molecule has 0 heterocycles. The molecule has 0 rings (SSSR count). The van der Waals surface area contributed by atoms with Gasteiger partial charge in [0.05, 0.1) is 25.3 Å². The lowest BCUT2D eigenvalue weighted by molar-refractivity contribution is -0.142. The van der Waals surface area contributed by atoms with Crippen LogP contribution in [-0.4, -0.2) is 81.4 Å². The molecule has 0 aliphatic heterocycles. The molecule has 0 fully saturated rings. The van der Waals surface area contributed by atoms with Gasteiger partial charge in [-0.05, 0) is 54.4 Å². The first kappa shape index (κ1) is 30.1. The number of ether oxygens (including phenoxy) is 2. The number of hydrogen-bond donors (Lipinski definition) is 4.